The Morgan fingerprint density at radius 3 is 2.42 bits per heavy atom. The molecule has 1 aromatic rings. The minimum atomic E-state index is -0.167. The molecule has 0 radical (unpaired) electrons. The Balaban J connectivity index is 1.74. The van der Waals surface area contributed by atoms with E-state index in [9.17, 15) is 9.59 Å². The van der Waals surface area contributed by atoms with Crippen LogP contribution in [-0.4, -0.2) is 35.2 Å². The number of amides is 2. The zero-order chi connectivity index (χ0) is 17.1. The summed E-state index contributed by atoms with van der Waals surface area (Å²) in [4.78, 5) is 28.8. The van der Waals surface area contributed by atoms with E-state index in [4.69, 9.17) is 0 Å². The van der Waals surface area contributed by atoms with E-state index in [0.29, 0.717) is 4.91 Å². The summed E-state index contributed by atoms with van der Waals surface area (Å²) in [6.07, 6.45) is 6.43. The second-order valence-electron chi connectivity index (χ2n) is 6.45. The van der Waals surface area contributed by atoms with Gasteiger partial charge in [-0.05, 0) is 68.1 Å². The van der Waals surface area contributed by atoms with E-state index in [1.165, 1.54) is 29.8 Å². The molecule has 2 aliphatic heterocycles. The standard InChI is InChI=1S/C19H24N2O2S/c1-3-14(2)21-18(22)17(24-19(21)23)13-15-7-9-16(10-8-15)20-11-5-4-6-12-20/h7-10,13-14H,3-6,11-12H2,1-2H3/b17-13+/t14-/m1/s1. The Morgan fingerprint density at radius 2 is 1.79 bits per heavy atom. The van der Waals surface area contributed by atoms with Crippen molar-refractivity contribution < 1.29 is 9.59 Å². The van der Waals surface area contributed by atoms with Crippen LogP contribution in [0.3, 0.4) is 0 Å². The number of hydrogen-bond donors (Lipinski definition) is 0. The summed E-state index contributed by atoms with van der Waals surface area (Å²) in [6.45, 7) is 6.13. The average Bonchev–Trinajstić information content (AvgIpc) is 2.89. The first-order valence-corrected chi connectivity index (χ1v) is 9.54. The Kier molecular flexibility index (Phi) is 5.29. The minimum absolute atomic E-state index is 0.0510. The molecular formula is C19H24N2O2S. The summed E-state index contributed by atoms with van der Waals surface area (Å²) in [5.41, 5.74) is 2.20. The van der Waals surface area contributed by atoms with Crippen molar-refractivity contribution in [2.45, 2.75) is 45.6 Å². The van der Waals surface area contributed by atoms with Crippen molar-refractivity contribution in [1.82, 2.24) is 4.90 Å². The second-order valence-corrected chi connectivity index (χ2v) is 7.44. The molecule has 128 valence electrons. The van der Waals surface area contributed by atoms with Crippen LogP contribution in [0.4, 0.5) is 10.5 Å². The number of carbonyl (C=O) groups is 2. The van der Waals surface area contributed by atoms with Gasteiger partial charge in [-0.2, -0.15) is 0 Å². The number of piperidine rings is 1. The zero-order valence-electron chi connectivity index (χ0n) is 14.3. The maximum absolute atomic E-state index is 12.4. The summed E-state index contributed by atoms with van der Waals surface area (Å²) in [5.74, 6) is -0.167. The number of imide groups is 1. The van der Waals surface area contributed by atoms with Gasteiger partial charge in [0.05, 0.1) is 4.91 Å². The number of nitrogens with zero attached hydrogens (tertiary/aromatic N) is 2. The van der Waals surface area contributed by atoms with E-state index in [1.807, 2.05) is 32.1 Å². The molecule has 2 heterocycles. The van der Waals surface area contributed by atoms with Gasteiger partial charge in [0.2, 0.25) is 0 Å². The lowest BCUT2D eigenvalue weighted by atomic mass is 10.1. The lowest BCUT2D eigenvalue weighted by Gasteiger charge is -2.28. The number of hydrogen-bond acceptors (Lipinski definition) is 4. The molecule has 24 heavy (non-hydrogen) atoms. The SMILES string of the molecule is CC[C@@H](C)N1C(=O)S/C(=C/c2ccc(N3CCCCC3)cc2)C1=O. The van der Waals surface area contributed by atoms with Crippen LogP contribution in [0.1, 0.15) is 45.1 Å². The molecule has 2 fully saturated rings. The van der Waals surface area contributed by atoms with E-state index in [1.54, 1.807) is 0 Å². The highest BCUT2D eigenvalue weighted by Crippen LogP contribution is 2.34. The molecule has 4 nitrogen and oxygen atoms in total. The van der Waals surface area contributed by atoms with Crippen LogP contribution < -0.4 is 4.90 Å². The maximum Gasteiger partial charge on any atom is 0.293 e. The molecule has 0 unspecified atom stereocenters. The van der Waals surface area contributed by atoms with Gasteiger partial charge in [0, 0.05) is 24.8 Å². The fraction of sp³-hybridized carbons (Fsp3) is 0.474. The average molecular weight is 344 g/mol. The van der Waals surface area contributed by atoms with Crippen LogP contribution in [0.2, 0.25) is 0 Å². The largest absolute Gasteiger partial charge is 0.372 e. The van der Waals surface area contributed by atoms with Gasteiger partial charge in [-0.3, -0.25) is 14.5 Å². The molecule has 2 saturated heterocycles. The maximum atomic E-state index is 12.4. The van der Waals surface area contributed by atoms with Gasteiger partial charge in [0.15, 0.2) is 0 Å². The third-order valence-corrected chi connectivity index (χ3v) is 5.65. The topological polar surface area (TPSA) is 40.6 Å². The molecule has 3 rings (SSSR count). The normalized spacial score (nSPS) is 21.7. The van der Waals surface area contributed by atoms with Crippen molar-refractivity contribution in [1.29, 1.82) is 0 Å². The quantitative estimate of drug-likeness (QED) is 0.754. The van der Waals surface area contributed by atoms with Gasteiger partial charge in [-0.15, -0.1) is 0 Å². The summed E-state index contributed by atoms with van der Waals surface area (Å²) in [6, 6.07) is 8.22. The smallest absolute Gasteiger partial charge is 0.293 e. The highest BCUT2D eigenvalue weighted by Gasteiger charge is 2.37. The van der Waals surface area contributed by atoms with Crippen LogP contribution in [0, 0.1) is 0 Å². The van der Waals surface area contributed by atoms with Crippen molar-refractivity contribution in [3.8, 4) is 0 Å². The molecule has 0 bridgehead atoms. The van der Waals surface area contributed by atoms with E-state index in [0.717, 1.165) is 36.8 Å². The Morgan fingerprint density at radius 1 is 1.12 bits per heavy atom. The lowest BCUT2D eigenvalue weighted by Crippen LogP contribution is -2.36. The van der Waals surface area contributed by atoms with Crippen molar-refractivity contribution in [2.24, 2.45) is 0 Å². The molecule has 0 aromatic heterocycles. The van der Waals surface area contributed by atoms with E-state index in [-0.39, 0.29) is 17.2 Å². The number of carbonyl (C=O) groups excluding carboxylic acids is 2. The molecular weight excluding hydrogens is 320 g/mol. The Bertz CT molecular complexity index is 648. The van der Waals surface area contributed by atoms with Crippen LogP contribution in [0.15, 0.2) is 29.2 Å². The fourth-order valence-corrected chi connectivity index (χ4v) is 4.06. The van der Waals surface area contributed by atoms with Crippen LogP contribution in [-0.2, 0) is 4.79 Å². The minimum Gasteiger partial charge on any atom is -0.372 e. The van der Waals surface area contributed by atoms with Gasteiger partial charge in [0.25, 0.3) is 11.1 Å². The molecule has 5 heteroatoms. The van der Waals surface area contributed by atoms with Crippen LogP contribution in [0.25, 0.3) is 6.08 Å². The summed E-state index contributed by atoms with van der Waals surface area (Å²) < 4.78 is 0. The number of rotatable bonds is 4. The lowest BCUT2D eigenvalue weighted by molar-refractivity contribution is -0.124. The molecule has 0 N–H and O–H groups in total. The van der Waals surface area contributed by atoms with Gasteiger partial charge in [-0.25, -0.2) is 0 Å². The van der Waals surface area contributed by atoms with Crippen molar-refractivity contribution >= 4 is 34.7 Å². The monoisotopic (exact) mass is 344 g/mol. The molecule has 0 spiro atoms. The Labute approximate surface area is 147 Å². The van der Waals surface area contributed by atoms with Crippen molar-refractivity contribution in [3.05, 3.63) is 34.7 Å². The highest BCUT2D eigenvalue weighted by molar-refractivity contribution is 8.18. The van der Waals surface area contributed by atoms with Crippen LogP contribution in [0.5, 0.6) is 0 Å². The summed E-state index contributed by atoms with van der Waals surface area (Å²) in [5, 5.41) is -0.162. The zero-order valence-corrected chi connectivity index (χ0v) is 15.1. The van der Waals surface area contributed by atoms with Crippen molar-refractivity contribution in [2.75, 3.05) is 18.0 Å². The predicted molar refractivity (Wildman–Crippen MR) is 100 cm³/mol. The summed E-state index contributed by atoms with van der Waals surface area (Å²) in [7, 11) is 0. The molecule has 2 amide bonds. The molecule has 2 aliphatic rings. The van der Waals surface area contributed by atoms with Gasteiger partial charge >= 0.3 is 0 Å². The van der Waals surface area contributed by atoms with E-state index >= 15 is 0 Å². The number of benzene rings is 1. The fourth-order valence-electron chi connectivity index (χ4n) is 3.13. The third-order valence-electron chi connectivity index (χ3n) is 4.77. The van der Waals surface area contributed by atoms with Crippen molar-refractivity contribution in [3.63, 3.8) is 0 Å². The first-order chi connectivity index (χ1) is 11.6. The number of thioether (sulfide) groups is 1. The van der Waals surface area contributed by atoms with Gasteiger partial charge in [-0.1, -0.05) is 19.1 Å². The molecule has 1 aromatic carbocycles. The van der Waals surface area contributed by atoms with Gasteiger partial charge in [0.1, 0.15) is 0 Å². The third kappa shape index (κ3) is 3.51. The molecule has 0 aliphatic carbocycles. The van der Waals surface area contributed by atoms with Gasteiger partial charge < -0.3 is 4.90 Å². The van der Waals surface area contributed by atoms with E-state index < -0.39 is 0 Å². The molecule has 0 saturated carbocycles. The van der Waals surface area contributed by atoms with Crippen LogP contribution >= 0.6 is 11.8 Å². The first-order valence-electron chi connectivity index (χ1n) is 8.72. The second kappa shape index (κ2) is 7.43. The number of anilines is 1. The van der Waals surface area contributed by atoms with E-state index in [2.05, 4.69) is 17.0 Å². The Hall–Kier alpha value is -1.75. The summed E-state index contributed by atoms with van der Waals surface area (Å²) >= 11 is 1.04. The predicted octanol–water partition coefficient (Wildman–Crippen LogP) is 4.51. The highest BCUT2D eigenvalue weighted by atomic mass is 32.2. The first kappa shape index (κ1) is 17.1. The molecule has 1 atom stereocenters.